The number of carboxylic acids is 1. The minimum absolute atomic E-state index is 0.101. The summed E-state index contributed by atoms with van der Waals surface area (Å²) in [5.74, 6) is -0.598. The lowest BCUT2D eigenvalue weighted by molar-refractivity contribution is -0.152. The fourth-order valence-corrected chi connectivity index (χ4v) is 4.99. The van der Waals surface area contributed by atoms with Crippen molar-refractivity contribution in [1.82, 2.24) is 9.88 Å². The molecule has 4 rings (SSSR count). The van der Waals surface area contributed by atoms with Crippen LogP contribution < -0.4 is 10.1 Å². The summed E-state index contributed by atoms with van der Waals surface area (Å²) < 4.78 is 7.86. The zero-order valence-electron chi connectivity index (χ0n) is 24.4. The van der Waals surface area contributed by atoms with Crippen LogP contribution in [-0.4, -0.2) is 27.2 Å². The number of hydrogen-bond acceptors (Lipinski definition) is 3. The fourth-order valence-electron chi connectivity index (χ4n) is 4.99. The second-order valence-corrected chi connectivity index (χ2v) is 11.1. The lowest BCUT2D eigenvalue weighted by Gasteiger charge is -2.21. The second kappa shape index (κ2) is 12.0. The molecule has 6 heteroatoms. The molecule has 1 aromatic heterocycles. The van der Waals surface area contributed by atoms with Crippen molar-refractivity contribution in [3.63, 3.8) is 0 Å². The number of nitrogens with zero attached hydrogens (tertiary/aromatic N) is 1. The smallest absolute Gasteiger partial charge is 0.347 e. The molecule has 0 radical (unpaired) electrons. The fraction of sp³-hybridized carbons (Fsp3) is 0.353. The van der Waals surface area contributed by atoms with Gasteiger partial charge < -0.3 is 19.7 Å². The van der Waals surface area contributed by atoms with Crippen molar-refractivity contribution in [1.29, 1.82) is 0 Å². The average Bonchev–Trinajstić information content (AvgIpc) is 3.16. The molecule has 1 heterocycles. The standard InChI is InChI=1S/C34H40N2O4/c1-7-8-10-24-13-15-26(16-14-24)22(2)35-32(37)27-17-18-29-30(23(3)36(6)31(29)21-27)20-25-11-9-12-28(19-25)40-34(4,5)33(38)39/h9,11-19,21-22H,7-8,10,20H2,1-6H3,(H,35,37)(H,38,39)/t22-/m0/s1. The highest BCUT2D eigenvalue weighted by atomic mass is 16.5. The Hall–Kier alpha value is -4.06. The van der Waals surface area contributed by atoms with E-state index in [0.717, 1.165) is 39.7 Å². The molecule has 1 amide bonds. The van der Waals surface area contributed by atoms with Crippen LogP contribution in [-0.2, 0) is 24.7 Å². The molecule has 0 aliphatic rings. The number of amides is 1. The maximum atomic E-state index is 13.2. The highest BCUT2D eigenvalue weighted by Gasteiger charge is 2.29. The predicted molar refractivity (Wildman–Crippen MR) is 160 cm³/mol. The lowest BCUT2D eigenvalue weighted by Crippen LogP contribution is -2.37. The summed E-state index contributed by atoms with van der Waals surface area (Å²) in [5.41, 5.74) is 6.01. The van der Waals surface area contributed by atoms with Crippen LogP contribution in [0, 0.1) is 6.92 Å². The van der Waals surface area contributed by atoms with Gasteiger partial charge in [-0.05, 0) is 93.5 Å². The SMILES string of the molecule is CCCCc1ccc([C@H](C)NC(=O)c2ccc3c(Cc4cccc(OC(C)(C)C(=O)O)c4)c(C)n(C)c3c2)cc1. The van der Waals surface area contributed by atoms with Gasteiger partial charge in [0.1, 0.15) is 5.75 Å². The highest BCUT2D eigenvalue weighted by molar-refractivity contribution is 5.99. The molecular formula is C34H40N2O4. The molecule has 0 aliphatic carbocycles. The van der Waals surface area contributed by atoms with E-state index in [4.69, 9.17) is 4.74 Å². The molecule has 210 valence electrons. The summed E-state index contributed by atoms with van der Waals surface area (Å²) in [5, 5.41) is 13.6. The summed E-state index contributed by atoms with van der Waals surface area (Å²) in [6.07, 6.45) is 4.10. The quantitative estimate of drug-likeness (QED) is 0.212. The van der Waals surface area contributed by atoms with E-state index in [1.807, 2.05) is 50.4 Å². The Kier molecular flexibility index (Phi) is 8.67. The number of hydrogen-bond donors (Lipinski definition) is 2. The van der Waals surface area contributed by atoms with Gasteiger partial charge in [0.05, 0.1) is 6.04 Å². The number of ether oxygens (including phenoxy) is 1. The molecule has 0 saturated heterocycles. The van der Waals surface area contributed by atoms with Crippen molar-refractivity contribution >= 4 is 22.8 Å². The van der Waals surface area contributed by atoms with Gasteiger partial charge in [-0.2, -0.15) is 0 Å². The van der Waals surface area contributed by atoms with Crippen molar-refractivity contribution in [2.75, 3.05) is 0 Å². The number of aryl methyl sites for hydroxylation is 2. The summed E-state index contributed by atoms with van der Waals surface area (Å²) in [7, 11) is 2.01. The third-order valence-corrected chi connectivity index (χ3v) is 7.70. The van der Waals surface area contributed by atoms with Crippen LogP contribution in [0.1, 0.15) is 84.9 Å². The normalized spacial score (nSPS) is 12.3. The van der Waals surface area contributed by atoms with Crippen LogP contribution in [0.3, 0.4) is 0 Å². The third kappa shape index (κ3) is 6.39. The van der Waals surface area contributed by atoms with E-state index in [1.54, 1.807) is 6.07 Å². The Morgan fingerprint density at radius 3 is 2.42 bits per heavy atom. The number of aromatic nitrogens is 1. The lowest BCUT2D eigenvalue weighted by atomic mass is 10.0. The minimum Gasteiger partial charge on any atom is -0.478 e. The first-order valence-electron chi connectivity index (χ1n) is 14.0. The van der Waals surface area contributed by atoms with Gasteiger partial charge >= 0.3 is 5.97 Å². The number of benzene rings is 3. The van der Waals surface area contributed by atoms with Crippen molar-refractivity contribution in [2.24, 2.45) is 7.05 Å². The van der Waals surface area contributed by atoms with Crippen LogP contribution in [0.5, 0.6) is 5.75 Å². The first kappa shape index (κ1) is 28.9. The molecule has 40 heavy (non-hydrogen) atoms. The number of carboxylic acid groups (broad SMARTS) is 1. The Labute approximate surface area is 237 Å². The largest absolute Gasteiger partial charge is 0.478 e. The predicted octanol–water partition coefficient (Wildman–Crippen LogP) is 7.15. The number of nitrogens with one attached hydrogen (secondary N) is 1. The van der Waals surface area contributed by atoms with Gasteiger partial charge in [-0.25, -0.2) is 4.79 Å². The number of unbranched alkanes of at least 4 members (excludes halogenated alkanes) is 1. The molecule has 6 nitrogen and oxygen atoms in total. The van der Waals surface area contributed by atoms with E-state index in [0.29, 0.717) is 17.7 Å². The van der Waals surface area contributed by atoms with E-state index in [9.17, 15) is 14.7 Å². The third-order valence-electron chi connectivity index (χ3n) is 7.70. The monoisotopic (exact) mass is 540 g/mol. The molecule has 0 bridgehead atoms. The average molecular weight is 541 g/mol. The van der Waals surface area contributed by atoms with Crippen molar-refractivity contribution in [3.8, 4) is 5.75 Å². The van der Waals surface area contributed by atoms with Gasteiger partial charge in [-0.15, -0.1) is 0 Å². The number of aliphatic carboxylic acids is 1. The Morgan fingerprint density at radius 2 is 1.75 bits per heavy atom. The van der Waals surface area contributed by atoms with Gasteiger partial charge in [0, 0.05) is 29.2 Å². The molecule has 0 saturated carbocycles. The van der Waals surface area contributed by atoms with Crippen molar-refractivity contribution in [3.05, 3.63) is 100 Å². The second-order valence-electron chi connectivity index (χ2n) is 11.1. The maximum Gasteiger partial charge on any atom is 0.347 e. The van der Waals surface area contributed by atoms with E-state index in [2.05, 4.69) is 48.0 Å². The zero-order valence-corrected chi connectivity index (χ0v) is 24.4. The first-order chi connectivity index (χ1) is 19.0. The molecule has 0 aliphatic heterocycles. The Balaban J connectivity index is 1.52. The van der Waals surface area contributed by atoms with Crippen LogP contribution in [0.15, 0.2) is 66.7 Å². The topological polar surface area (TPSA) is 80.6 Å². The van der Waals surface area contributed by atoms with Gasteiger partial charge in [-0.1, -0.05) is 55.8 Å². The summed E-state index contributed by atoms with van der Waals surface area (Å²) in [6.45, 7) is 9.36. The van der Waals surface area contributed by atoms with Crippen molar-refractivity contribution < 1.29 is 19.4 Å². The van der Waals surface area contributed by atoms with E-state index < -0.39 is 11.6 Å². The molecule has 1 atom stereocenters. The summed E-state index contributed by atoms with van der Waals surface area (Å²) >= 11 is 0. The first-order valence-corrected chi connectivity index (χ1v) is 14.0. The van der Waals surface area contributed by atoms with Gasteiger partial charge in [0.25, 0.3) is 5.91 Å². The van der Waals surface area contributed by atoms with E-state index in [1.165, 1.54) is 32.3 Å². The molecule has 0 fully saturated rings. The molecule has 3 aromatic carbocycles. The van der Waals surface area contributed by atoms with Gasteiger partial charge in [0.15, 0.2) is 5.60 Å². The summed E-state index contributed by atoms with van der Waals surface area (Å²) in [4.78, 5) is 24.7. The minimum atomic E-state index is -1.32. The molecule has 0 spiro atoms. The van der Waals surface area contributed by atoms with Crippen LogP contribution in [0.4, 0.5) is 0 Å². The summed E-state index contributed by atoms with van der Waals surface area (Å²) in [6, 6.07) is 21.8. The number of rotatable bonds is 11. The van der Waals surface area contributed by atoms with Gasteiger partial charge in [-0.3, -0.25) is 4.79 Å². The Bertz CT molecular complexity index is 1520. The van der Waals surface area contributed by atoms with Gasteiger partial charge in [0.2, 0.25) is 0 Å². The molecule has 2 N–H and O–H groups in total. The van der Waals surface area contributed by atoms with Crippen LogP contribution in [0.2, 0.25) is 0 Å². The van der Waals surface area contributed by atoms with Crippen LogP contribution in [0.25, 0.3) is 10.9 Å². The number of carbonyl (C=O) groups excluding carboxylic acids is 1. The maximum absolute atomic E-state index is 13.2. The number of carbonyl (C=O) groups is 2. The zero-order chi connectivity index (χ0) is 29.0. The van der Waals surface area contributed by atoms with Crippen molar-refractivity contribution in [2.45, 2.75) is 71.9 Å². The molecular weight excluding hydrogens is 500 g/mol. The molecule has 4 aromatic rings. The highest BCUT2D eigenvalue weighted by Crippen LogP contribution is 2.30. The number of fused-ring (bicyclic) bond motifs is 1. The van der Waals surface area contributed by atoms with E-state index >= 15 is 0 Å². The Morgan fingerprint density at radius 1 is 1.02 bits per heavy atom. The van der Waals surface area contributed by atoms with Crippen LogP contribution >= 0.6 is 0 Å². The van der Waals surface area contributed by atoms with E-state index in [-0.39, 0.29) is 11.9 Å². The molecule has 0 unspecified atom stereocenters.